The van der Waals surface area contributed by atoms with E-state index in [1.54, 1.807) is 23.2 Å². The molecule has 3 aromatic rings. The first kappa shape index (κ1) is 11.4. The molecule has 0 aliphatic carbocycles. The van der Waals surface area contributed by atoms with Crippen LogP contribution in [-0.4, -0.2) is 9.71 Å². The highest BCUT2D eigenvalue weighted by Gasteiger charge is 2.06. The number of nitrogen functional groups attached to an aromatic ring is 2. The Morgan fingerprint density at radius 2 is 1.79 bits per heavy atom. The molecular formula is C14H14N4O. The first-order valence-corrected chi connectivity index (χ1v) is 5.93. The number of nitrogens with two attached hydrogens (primary N) is 2. The van der Waals surface area contributed by atoms with Gasteiger partial charge in [0.1, 0.15) is 18.5 Å². The maximum absolute atomic E-state index is 5.80. The minimum atomic E-state index is 0.469. The van der Waals surface area contributed by atoms with Crippen molar-refractivity contribution in [1.29, 1.82) is 0 Å². The number of nitrogens with zero attached hydrogens (tertiary/aromatic N) is 2. The Kier molecular flexibility index (Phi) is 2.72. The van der Waals surface area contributed by atoms with Crippen LogP contribution in [0.4, 0.5) is 11.4 Å². The van der Waals surface area contributed by atoms with Gasteiger partial charge in [-0.3, -0.25) is 0 Å². The molecule has 3 rings (SSSR count). The van der Waals surface area contributed by atoms with Crippen LogP contribution >= 0.6 is 0 Å². The smallest absolute Gasteiger partial charge is 0.140 e. The van der Waals surface area contributed by atoms with Crippen molar-refractivity contribution in [1.82, 2.24) is 9.71 Å². The van der Waals surface area contributed by atoms with Gasteiger partial charge in [0.05, 0.1) is 16.9 Å². The Morgan fingerprint density at radius 1 is 1.05 bits per heavy atom. The van der Waals surface area contributed by atoms with Crippen molar-refractivity contribution in [3.63, 3.8) is 0 Å². The Labute approximate surface area is 110 Å². The number of benzene rings is 2. The minimum Gasteiger partial charge on any atom is -0.408 e. The van der Waals surface area contributed by atoms with Crippen LogP contribution in [-0.2, 0) is 6.61 Å². The van der Waals surface area contributed by atoms with Crippen LogP contribution in [0, 0.1) is 0 Å². The molecule has 2 aromatic carbocycles. The summed E-state index contributed by atoms with van der Waals surface area (Å²) < 4.78 is 1.61. The second kappa shape index (κ2) is 4.53. The molecule has 0 fully saturated rings. The van der Waals surface area contributed by atoms with Crippen molar-refractivity contribution in [2.24, 2.45) is 0 Å². The molecule has 0 saturated heterocycles. The first-order valence-electron chi connectivity index (χ1n) is 5.93. The third kappa shape index (κ3) is 2.18. The average Bonchev–Trinajstić information content (AvgIpc) is 2.80. The van der Waals surface area contributed by atoms with E-state index in [1.165, 1.54) is 0 Å². The molecule has 5 nitrogen and oxygen atoms in total. The van der Waals surface area contributed by atoms with Gasteiger partial charge in [-0.15, -0.1) is 0 Å². The van der Waals surface area contributed by atoms with Crippen LogP contribution in [0.2, 0.25) is 0 Å². The topological polar surface area (TPSA) is 79.1 Å². The normalized spacial score (nSPS) is 10.7. The highest BCUT2D eigenvalue weighted by molar-refractivity contribution is 5.85. The maximum atomic E-state index is 5.80. The summed E-state index contributed by atoms with van der Waals surface area (Å²) in [6.07, 6.45) is 1.62. The number of anilines is 2. The summed E-state index contributed by atoms with van der Waals surface area (Å²) in [5, 5.41) is 0. The van der Waals surface area contributed by atoms with Gasteiger partial charge in [-0.1, -0.05) is 30.3 Å². The van der Waals surface area contributed by atoms with Crippen molar-refractivity contribution in [2.75, 3.05) is 11.5 Å². The number of aromatic nitrogens is 2. The number of hydrogen-bond acceptors (Lipinski definition) is 4. The second-order valence-corrected chi connectivity index (χ2v) is 4.30. The Bertz CT molecular complexity index is 706. The van der Waals surface area contributed by atoms with E-state index in [1.807, 2.05) is 30.3 Å². The fourth-order valence-electron chi connectivity index (χ4n) is 1.89. The fourth-order valence-corrected chi connectivity index (χ4v) is 1.89. The summed E-state index contributed by atoms with van der Waals surface area (Å²) in [5.41, 5.74) is 15.3. The predicted molar refractivity (Wildman–Crippen MR) is 75.3 cm³/mol. The van der Waals surface area contributed by atoms with E-state index in [-0.39, 0.29) is 0 Å². The van der Waals surface area contributed by atoms with E-state index in [0.717, 1.165) is 16.6 Å². The van der Waals surface area contributed by atoms with Gasteiger partial charge >= 0.3 is 0 Å². The SMILES string of the molecule is Nc1cc2ncn(OCc3ccccc3)c2cc1N. The monoisotopic (exact) mass is 254 g/mol. The summed E-state index contributed by atoms with van der Waals surface area (Å²) in [4.78, 5) is 9.93. The first-order chi connectivity index (χ1) is 9.24. The Balaban J connectivity index is 1.87. The highest BCUT2D eigenvalue weighted by atomic mass is 16.7. The van der Waals surface area contributed by atoms with Crippen LogP contribution in [0.3, 0.4) is 0 Å². The summed E-state index contributed by atoms with van der Waals surface area (Å²) in [6.45, 7) is 0.469. The zero-order chi connectivity index (χ0) is 13.2. The van der Waals surface area contributed by atoms with E-state index in [4.69, 9.17) is 16.3 Å². The molecule has 0 aliphatic heterocycles. The lowest BCUT2D eigenvalue weighted by atomic mass is 10.2. The molecule has 19 heavy (non-hydrogen) atoms. The molecule has 0 aliphatic rings. The van der Waals surface area contributed by atoms with Crippen molar-refractivity contribution in [3.05, 3.63) is 54.4 Å². The number of fused-ring (bicyclic) bond motifs is 1. The zero-order valence-electron chi connectivity index (χ0n) is 10.3. The van der Waals surface area contributed by atoms with Gasteiger partial charge in [0.15, 0.2) is 0 Å². The lowest BCUT2D eigenvalue weighted by molar-refractivity contribution is 0.106. The maximum Gasteiger partial charge on any atom is 0.140 e. The van der Waals surface area contributed by atoms with E-state index in [2.05, 4.69) is 4.98 Å². The summed E-state index contributed by atoms with van der Waals surface area (Å²) in [6, 6.07) is 13.4. The predicted octanol–water partition coefficient (Wildman–Crippen LogP) is 1.83. The van der Waals surface area contributed by atoms with Gasteiger partial charge in [-0.25, -0.2) is 4.98 Å². The molecule has 1 aromatic heterocycles. The lowest BCUT2D eigenvalue weighted by Crippen LogP contribution is -2.10. The van der Waals surface area contributed by atoms with Crippen LogP contribution in [0.15, 0.2) is 48.8 Å². The van der Waals surface area contributed by atoms with Crippen molar-refractivity contribution in [2.45, 2.75) is 6.61 Å². The summed E-state index contributed by atoms with van der Waals surface area (Å²) >= 11 is 0. The van der Waals surface area contributed by atoms with E-state index in [9.17, 15) is 0 Å². The van der Waals surface area contributed by atoms with Crippen LogP contribution in [0.5, 0.6) is 0 Å². The van der Waals surface area contributed by atoms with E-state index in [0.29, 0.717) is 18.0 Å². The van der Waals surface area contributed by atoms with Gasteiger partial charge in [0.2, 0.25) is 0 Å². The Hall–Kier alpha value is -2.69. The van der Waals surface area contributed by atoms with Gasteiger partial charge in [0.25, 0.3) is 0 Å². The zero-order valence-corrected chi connectivity index (χ0v) is 10.3. The molecule has 0 unspecified atom stereocenters. The second-order valence-electron chi connectivity index (χ2n) is 4.30. The molecule has 4 N–H and O–H groups in total. The molecule has 0 atom stereocenters. The van der Waals surface area contributed by atoms with Gasteiger partial charge in [-0.2, -0.15) is 4.73 Å². The van der Waals surface area contributed by atoms with Crippen molar-refractivity contribution >= 4 is 22.4 Å². The van der Waals surface area contributed by atoms with Crippen molar-refractivity contribution < 1.29 is 4.84 Å². The van der Waals surface area contributed by atoms with Gasteiger partial charge in [0, 0.05) is 0 Å². The van der Waals surface area contributed by atoms with E-state index >= 15 is 0 Å². The molecule has 0 amide bonds. The largest absolute Gasteiger partial charge is 0.408 e. The van der Waals surface area contributed by atoms with Crippen molar-refractivity contribution in [3.8, 4) is 0 Å². The number of rotatable bonds is 3. The molecule has 0 spiro atoms. The lowest BCUT2D eigenvalue weighted by Gasteiger charge is -2.08. The minimum absolute atomic E-state index is 0.469. The standard InChI is InChI=1S/C14H14N4O/c15-11-6-13-14(7-12(11)16)18(9-17-13)19-8-10-4-2-1-3-5-10/h1-7,9H,8,15-16H2. The van der Waals surface area contributed by atoms with Gasteiger partial charge in [-0.05, 0) is 17.7 Å². The molecule has 0 saturated carbocycles. The molecule has 5 heteroatoms. The van der Waals surface area contributed by atoms with Crippen LogP contribution in [0.1, 0.15) is 5.56 Å². The van der Waals surface area contributed by atoms with Crippen LogP contribution in [0.25, 0.3) is 11.0 Å². The quantitative estimate of drug-likeness (QED) is 0.699. The average molecular weight is 254 g/mol. The molecule has 0 radical (unpaired) electrons. The number of hydrogen-bond donors (Lipinski definition) is 2. The van der Waals surface area contributed by atoms with Gasteiger partial charge < -0.3 is 16.3 Å². The Morgan fingerprint density at radius 3 is 2.58 bits per heavy atom. The number of imidazole rings is 1. The molecular weight excluding hydrogens is 240 g/mol. The fraction of sp³-hybridized carbons (Fsp3) is 0.0714. The van der Waals surface area contributed by atoms with E-state index < -0.39 is 0 Å². The molecule has 0 bridgehead atoms. The molecule has 1 heterocycles. The molecule has 96 valence electrons. The third-order valence-electron chi connectivity index (χ3n) is 2.93. The van der Waals surface area contributed by atoms with Crippen LogP contribution < -0.4 is 16.3 Å². The third-order valence-corrected chi connectivity index (χ3v) is 2.93. The summed E-state index contributed by atoms with van der Waals surface area (Å²) in [5.74, 6) is 0. The summed E-state index contributed by atoms with van der Waals surface area (Å²) in [7, 11) is 0. The highest BCUT2D eigenvalue weighted by Crippen LogP contribution is 2.22.